The second-order valence-electron chi connectivity index (χ2n) is 6.17. The smallest absolute Gasteiger partial charge is 0.337 e. The van der Waals surface area contributed by atoms with Crippen molar-refractivity contribution in [3.8, 4) is 0 Å². The molecule has 0 aromatic heterocycles. The molecule has 0 amide bonds. The zero-order valence-corrected chi connectivity index (χ0v) is 14.4. The van der Waals surface area contributed by atoms with Crippen LogP contribution in [0.4, 0.5) is 0 Å². The Morgan fingerprint density at radius 1 is 1.27 bits per heavy atom. The van der Waals surface area contributed by atoms with E-state index in [0.29, 0.717) is 18.7 Å². The van der Waals surface area contributed by atoms with Crippen LogP contribution in [0.3, 0.4) is 0 Å². The summed E-state index contributed by atoms with van der Waals surface area (Å²) in [6, 6.07) is 2.59. The maximum atomic E-state index is 12.8. The average Bonchev–Trinajstić information content (AvgIpc) is 2.40. The molecule has 0 bridgehead atoms. The summed E-state index contributed by atoms with van der Waals surface area (Å²) >= 11 is 5.95. The summed E-state index contributed by atoms with van der Waals surface area (Å²) < 4.78 is 27.1. The minimum atomic E-state index is -3.71. The van der Waals surface area contributed by atoms with E-state index >= 15 is 0 Å². The normalized spacial score (nSPS) is 23.5. The molecule has 5 nitrogen and oxygen atoms in total. The minimum Gasteiger partial charge on any atom is -0.478 e. The van der Waals surface area contributed by atoms with Gasteiger partial charge in [-0.25, -0.2) is 13.2 Å². The number of hydrogen-bond acceptors (Lipinski definition) is 3. The number of carbonyl (C=O) groups is 1. The molecule has 7 heteroatoms. The molecule has 0 aliphatic carbocycles. The molecule has 1 aliphatic heterocycles. The van der Waals surface area contributed by atoms with Crippen LogP contribution < -0.4 is 0 Å². The Labute approximate surface area is 135 Å². The van der Waals surface area contributed by atoms with Crippen molar-refractivity contribution in [2.75, 3.05) is 13.1 Å². The third-order valence-corrected chi connectivity index (χ3v) is 6.24. The molecule has 122 valence electrons. The van der Waals surface area contributed by atoms with Gasteiger partial charge in [-0.05, 0) is 42.9 Å². The Balaban J connectivity index is 2.48. The van der Waals surface area contributed by atoms with Crippen LogP contribution in [-0.2, 0) is 10.0 Å². The van der Waals surface area contributed by atoms with Gasteiger partial charge < -0.3 is 5.11 Å². The Morgan fingerprint density at radius 3 is 2.32 bits per heavy atom. The second kappa shape index (κ2) is 6.18. The number of halogens is 1. The van der Waals surface area contributed by atoms with Crippen molar-refractivity contribution in [2.24, 2.45) is 11.8 Å². The van der Waals surface area contributed by atoms with Gasteiger partial charge in [-0.3, -0.25) is 0 Å². The first kappa shape index (κ1) is 17.2. The third kappa shape index (κ3) is 3.29. The summed E-state index contributed by atoms with van der Waals surface area (Å²) in [5.41, 5.74) is 0.261. The van der Waals surface area contributed by atoms with E-state index in [1.54, 1.807) is 6.92 Å². The molecular formula is C15H20ClNO4S. The van der Waals surface area contributed by atoms with Crippen molar-refractivity contribution >= 4 is 27.6 Å². The van der Waals surface area contributed by atoms with Gasteiger partial charge in [0.25, 0.3) is 0 Å². The van der Waals surface area contributed by atoms with Gasteiger partial charge in [0.15, 0.2) is 0 Å². The molecule has 0 saturated carbocycles. The molecule has 0 radical (unpaired) electrons. The van der Waals surface area contributed by atoms with E-state index in [1.807, 2.05) is 13.8 Å². The highest BCUT2D eigenvalue weighted by atomic mass is 35.5. The highest BCUT2D eigenvalue weighted by molar-refractivity contribution is 7.89. The van der Waals surface area contributed by atoms with Gasteiger partial charge >= 0.3 is 5.97 Å². The number of benzene rings is 1. The molecule has 2 atom stereocenters. The summed E-state index contributed by atoms with van der Waals surface area (Å²) in [6.07, 6.45) is 0.992. The number of hydrogen-bond donors (Lipinski definition) is 1. The number of rotatable bonds is 3. The number of aryl methyl sites for hydroxylation is 1. The van der Waals surface area contributed by atoms with Crippen LogP contribution in [0.2, 0.25) is 5.02 Å². The zero-order valence-electron chi connectivity index (χ0n) is 12.8. The Kier molecular flexibility index (Phi) is 4.84. The third-order valence-electron chi connectivity index (χ3n) is 3.93. The van der Waals surface area contributed by atoms with Crippen molar-refractivity contribution in [3.05, 3.63) is 28.3 Å². The fourth-order valence-electron chi connectivity index (χ4n) is 2.99. The maximum Gasteiger partial charge on any atom is 0.337 e. The van der Waals surface area contributed by atoms with E-state index in [1.165, 1.54) is 10.4 Å². The first-order valence-electron chi connectivity index (χ1n) is 7.16. The lowest BCUT2D eigenvalue weighted by molar-refractivity contribution is 0.0696. The Hall–Kier alpha value is -1.11. The fourth-order valence-corrected chi connectivity index (χ4v) is 4.97. The van der Waals surface area contributed by atoms with Gasteiger partial charge in [0.2, 0.25) is 10.0 Å². The zero-order chi connectivity index (χ0) is 16.7. The van der Waals surface area contributed by atoms with Gasteiger partial charge in [0.1, 0.15) is 0 Å². The van der Waals surface area contributed by atoms with Gasteiger partial charge in [-0.2, -0.15) is 4.31 Å². The molecular weight excluding hydrogens is 326 g/mol. The molecule has 0 spiro atoms. The maximum absolute atomic E-state index is 12.8. The molecule has 2 rings (SSSR count). The predicted molar refractivity (Wildman–Crippen MR) is 84.9 cm³/mol. The van der Waals surface area contributed by atoms with E-state index in [0.717, 1.165) is 12.5 Å². The molecule has 1 N–H and O–H groups in total. The van der Waals surface area contributed by atoms with Crippen LogP contribution in [0.5, 0.6) is 0 Å². The molecule has 0 unspecified atom stereocenters. The quantitative estimate of drug-likeness (QED) is 0.913. The van der Waals surface area contributed by atoms with Gasteiger partial charge in [0.05, 0.1) is 15.5 Å². The van der Waals surface area contributed by atoms with Gasteiger partial charge in [0, 0.05) is 13.1 Å². The molecule has 1 aromatic rings. The van der Waals surface area contributed by atoms with Crippen molar-refractivity contribution < 1.29 is 18.3 Å². The standard InChI is InChI=1S/C15H20ClNO4S/c1-9-4-10(2)8-17(7-9)22(20,21)12-5-11(3)14(16)13(6-12)15(18)19/h5-6,9-10H,4,7-8H2,1-3H3,(H,18,19)/t9-,10+. The summed E-state index contributed by atoms with van der Waals surface area (Å²) in [6.45, 7) is 6.56. The first-order valence-corrected chi connectivity index (χ1v) is 8.98. The highest BCUT2D eigenvalue weighted by Crippen LogP contribution is 2.30. The van der Waals surface area contributed by atoms with Gasteiger partial charge in [-0.15, -0.1) is 0 Å². The van der Waals surface area contributed by atoms with Gasteiger partial charge in [-0.1, -0.05) is 25.4 Å². The fraction of sp³-hybridized carbons (Fsp3) is 0.533. The van der Waals surface area contributed by atoms with Crippen molar-refractivity contribution in [3.63, 3.8) is 0 Å². The number of carboxylic acids is 1. The molecule has 22 heavy (non-hydrogen) atoms. The monoisotopic (exact) mass is 345 g/mol. The van der Waals surface area contributed by atoms with Crippen molar-refractivity contribution in [1.29, 1.82) is 0 Å². The molecule has 1 heterocycles. The number of aromatic carboxylic acids is 1. The summed E-state index contributed by atoms with van der Waals surface area (Å²) in [5, 5.41) is 9.26. The highest BCUT2D eigenvalue weighted by Gasteiger charge is 2.32. The summed E-state index contributed by atoms with van der Waals surface area (Å²) in [7, 11) is -3.71. The van der Waals surface area contributed by atoms with Crippen LogP contribution in [0.15, 0.2) is 17.0 Å². The number of nitrogens with zero attached hydrogens (tertiary/aromatic N) is 1. The van der Waals surface area contributed by atoms with E-state index in [2.05, 4.69) is 0 Å². The number of carboxylic acid groups (broad SMARTS) is 1. The summed E-state index contributed by atoms with van der Waals surface area (Å²) in [4.78, 5) is 11.2. The van der Waals surface area contributed by atoms with E-state index in [9.17, 15) is 18.3 Å². The average molecular weight is 346 g/mol. The summed E-state index contributed by atoms with van der Waals surface area (Å²) in [5.74, 6) is -0.665. The number of sulfonamides is 1. The van der Waals surface area contributed by atoms with Crippen LogP contribution in [0.25, 0.3) is 0 Å². The van der Waals surface area contributed by atoms with Crippen molar-refractivity contribution in [1.82, 2.24) is 4.31 Å². The number of piperidine rings is 1. The van der Waals surface area contributed by atoms with Crippen LogP contribution in [-0.4, -0.2) is 36.9 Å². The van der Waals surface area contributed by atoms with Crippen LogP contribution in [0, 0.1) is 18.8 Å². The lowest BCUT2D eigenvalue weighted by atomic mass is 9.94. The second-order valence-corrected chi connectivity index (χ2v) is 8.49. The molecule has 1 aromatic carbocycles. The van der Waals surface area contributed by atoms with E-state index < -0.39 is 16.0 Å². The molecule has 1 aliphatic rings. The van der Waals surface area contributed by atoms with Crippen molar-refractivity contribution in [2.45, 2.75) is 32.1 Å². The van der Waals surface area contributed by atoms with Crippen LogP contribution in [0.1, 0.15) is 36.2 Å². The lowest BCUT2D eigenvalue weighted by Gasteiger charge is -2.34. The van der Waals surface area contributed by atoms with Crippen LogP contribution >= 0.6 is 11.6 Å². The Bertz CT molecular complexity index is 692. The first-order chi connectivity index (χ1) is 10.1. The van der Waals surface area contributed by atoms with E-state index in [-0.39, 0.29) is 27.3 Å². The lowest BCUT2D eigenvalue weighted by Crippen LogP contribution is -2.42. The SMILES string of the molecule is Cc1cc(S(=O)(=O)N2C[C@H](C)C[C@H](C)C2)cc(C(=O)O)c1Cl. The molecule has 1 saturated heterocycles. The Morgan fingerprint density at radius 2 is 1.82 bits per heavy atom. The molecule has 1 fully saturated rings. The van der Waals surface area contributed by atoms with E-state index in [4.69, 9.17) is 11.6 Å². The largest absolute Gasteiger partial charge is 0.478 e. The predicted octanol–water partition coefficient (Wildman–Crippen LogP) is 3.01. The topological polar surface area (TPSA) is 74.7 Å². The minimum absolute atomic E-state index is 0.00639.